The zero-order chi connectivity index (χ0) is 25.3. The summed E-state index contributed by atoms with van der Waals surface area (Å²) in [6.07, 6.45) is 3.54. The van der Waals surface area contributed by atoms with Crippen molar-refractivity contribution in [2.75, 3.05) is 38.7 Å². The third-order valence-electron chi connectivity index (χ3n) is 6.34. The molecule has 5 nitrogen and oxygen atoms in total. The fourth-order valence-electron chi connectivity index (χ4n) is 4.30. The predicted octanol–water partition coefficient (Wildman–Crippen LogP) is 6.33. The molecule has 0 unspecified atom stereocenters. The molecule has 0 aromatic heterocycles. The zero-order valence-electron chi connectivity index (χ0n) is 21.5. The van der Waals surface area contributed by atoms with Crippen molar-refractivity contribution in [1.82, 2.24) is 4.90 Å². The van der Waals surface area contributed by atoms with Crippen LogP contribution in [0.4, 0.5) is 5.69 Å². The van der Waals surface area contributed by atoms with E-state index in [1.807, 2.05) is 31.2 Å². The van der Waals surface area contributed by atoms with Crippen molar-refractivity contribution in [2.24, 2.45) is 0 Å². The number of aryl methyl sites for hydroxylation is 1. The van der Waals surface area contributed by atoms with Gasteiger partial charge in [0.2, 0.25) is 0 Å². The van der Waals surface area contributed by atoms with Crippen molar-refractivity contribution in [2.45, 2.75) is 33.2 Å². The zero-order valence-corrected chi connectivity index (χ0v) is 21.5. The molecule has 0 spiro atoms. The molecule has 5 heteroatoms. The van der Waals surface area contributed by atoms with Gasteiger partial charge >= 0.3 is 0 Å². The van der Waals surface area contributed by atoms with E-state index in [4.69, 9.17) is 9.47 Å². The lowest BCUT2D eigenvalue weighted by Crippen LogP contribution is -2.20. The van der Waals surface area contributed by atoms with Gasteiger partial charge in [-0.05, 0) is 74.3 Å². The summed E-state index contributed by atoms with van der Waals surface area (Å²) >= 11 is 0. The van der Waals surface area contributed by atoms with E-state index in [9.17, 15) is 4.79 Å². The molecule has 0 saturated heterocycles. The van der Waals surface area contributed by atoms with Crippen LogP contribution in [0.25, 0.3) is 17.2 Å². The topological polar surface area (TPSA) is 50.8 Å². The Morgan fingerprint density at radius 2 is 1.78 bits per heavy atom. The molecule has 4 rings (SSSR count). The minimum Gasteiger partial charge on any atom is -0.493 e. The van der Waals surface area contributed by atoms with Crippen LogP contribution in [-0.2, 0) is 16.1 Å². The highest BCUT2D eigenvalue weighted by Crippen LogP contribution is 2.31. The number of carbonyl (C=O) groups excluding carboxylic acids is 1. The Morgan fingerprint density at radius 3 is 2.53 bits per heavy atom. The average Bonchev–Trinajstić information content (AvgIpc) is 3.10. The summed E-state index contributed by atoms with van der Waals surface area (Å²) in [5.74, 6) is 0.719. The Kier molecular flexibility index (Phi) is 8.93. The lowest BCUT2D eigenvalue weighted by molar-refractivity contribution is -0.113. The summed E-state index contributed by atoms with van der Waals surface area (Å²) in [4.78, 5) is 15.4. The highest BCUT2D eigenvalue weighted by molar-refractivity contribution is 6.07. The molecular formula is C31H36N2O3. The molecule has 1 heterocycles. The lowest BCUT2D eigenvalue weighted by Gasteiger charge is -2.17. The van der Waals surface area contributed by atoms with E-state index in [1.165, 1.54) is 11.1 Å². The number of amides is 1. The minimum atomic E-state index is -0.0898. The monoisotopic (exact) mass is 484 g/mol. The molecule has 0 aliphatic carbocycles. The molecule has 1 aliphatic heterocycles. The quantitative estimate of drug-likeness (QED) is 0.342. The number of carbonyl (C=O) groups is 1. The van der Waals surface area contributed by atoms with Crippen molar-refractivity contribution in [3.8, 4) is 16.9 Å². The predicted molar refractivity (Wildman–Crippen MR) is 147 cm³/mol. The second-order valence-corrected chi connectivity index (χ2v) is 9.33. The van der Waals surface area contributed by atoms with E-state index < -0.39 is 0 Å². The van der Waals surface area contributed by atoms with Crippen LogP contribution < -0.4 is 10.1 Å². The van der Waals surface area contributed by atoms with Crippen LogP contribution in [0, 0.1) is 6.92 Å². The van der Waals surface area contributed by atoms with Gasteiger partial charge in [0.1, 0.15) is 5.75 Å². The standard InChI is InChI=1S/C31H36N2O3/c1-4-35-18-5-17-33(3)22-24-8-13-29(14-9-24)32-31(34)27-16-19-36-30-15-12-26(20-28(30)21-27)25-10-6-23(2)7-11-25/h6-15,20-21H,4-5,16-19,22H2,1-3H3,(H,32,34). The van der Waals surface area contributed by atoms with Gasteiger partial charge in [-0.3, -0.25) is 4.79 Å². The molecule has 1 aliphatic rings. The van der Waals surface area contributed by atoms with E-state index in [1.54, 1.807) is 0 Å². The summed E-state index contributed by atoms with van der Waals surface area (Å²) < 4.78 is 11.4. The Morgan fingerprint density at radius 1 is 1.03 bits per heavy atom. The van der Waals surface area contributed by atoms with Crippen LogP contribution in [-0.4, -0.2) is 44.2 Å². The smallest absolute Gasteiger partial charge is 0.251 e. The molecule has 3 aromatic carbocycles. The normalized spacial score (nSPS) is 12.9. The van der Waals surface area contributed by atoms with Gasteiger partial charge in [-0.15, -0.1) is 0 Å². The average molecular weight is 485 g/mol. The van der Waals surface area contributed by atoms with Gasteiger partial charge in [-0.25, -0.2) is 0 Å². The highest BCUT2D eigenvalue weighted by atomic mass is 16.5. The summed E-state index contributed by atoms with van der Waals surface area (Å²) in [5, 5.41) is 3.06. The van der Waals surface area contributed by atoms with Gasteiger partial charge < -0.3 is 19.7 Å². The Labute approximate surface area is 214 Å². The van der Waals surface area contributed by atoms with E-state index >= 15 is 0 Å². The van der Waals surface area contributed by atoms with Gasteiger partial charge in [0.05, 0.1) is 6.61 Å². The van der Waals surface area contributed by atoms with E-state index in [2.05, 4.69) is 72.7 Å². The highest BCUT2D eigenvalue weighted by Gasteiger charge is 2.16. The molecular weight excluding hydrogens is 448 g/mol. The van der Waals surface area contributed by atoms with Crippen molar-refractivity contribution in [3.05, 3.63) is 89.0 Å². The van der Waals surface area contributed by atoms with Gasteiger partial charge in [0.15, 0.2) is 0 Å². The van der Waals surface area contributed by atoms with Crippen LogP contribution in [0.3, 0.4) is 0 Å². The van der Waals surface area contributed by atoms with Crippen molar-refractivity contribution in [1.29, 1.82) is 0 Å². The lowest BCUT2D eigenvalue weighted by atomic mass is 10.00. The first-order chi connectivity index (χ1) is 17.5. The largest absolute Gasteiger partial charge is 0.493 e. The molecule has 0 fully saturated rings. The van der Waals surface area contributed by atoms with Crippen molar-refractivity contribution >= 4 is 17.7 Å². The third kappa shape index (κ3) is 7.06. The number of nitrogens with one attached hydrogen (secondary N) is 1. The first kappa shape index (κ1) is 25.7. The fraction of sp³-hybridized carbons (Fsp3) is 0.323. The summed E-state index contributed by atoms with van der Waals surface area (Å²) in [6.45, 7) is 7.99. The summed E-state index contributed by atoms with van der Waals surface area (Å²) in [5.41, 5.74) is 7.13. The maximum absolute atomic E-state index is 13.1. The second-order valence-electron chi connectivity index (χ2n) is 9.33. The van der Waals surface area contributed by atoms with Crippen LogP contribution >= 0.6 is 0 Å². The summed E-state index contributed by atoms with van der Waals surface area (Å²) in [6, 6.07) is 22.7. The molecule has 1 N–H and O–H groups in total. The van der Waals surface area contributed by atoms with Gasteiger partial charge in [0, 0.05) is 49.5 Å². The Bertz CT molecular complexity index is 1180. The van der Waals surface area contributed by atoms with Crippen LogP contribution in [0.2, 0.25) is 0 Å². The number of anilines is 1. The Balaban J connectivity index is 1.40. The van der Waals surface area contributed by atoms with Crippen LogP contribution in [0.1, 0.15) is 36.5 Å². The van der Waals surface area contributed by atoms with Gasteiger partial charge in [-0.2, -0.15) is 0 Å². The molecule has 0 bridgehead atoms. The molecule has 188 valence electrons. The molecule has 3 aromatic rings. The SMILES string of the molecule is CCOCCCN(C)Cc1ccc(NC(=O)C2=Cc3cc(-c4ccc(C)cc4)ccc3OCC2)cc1. The minimum absolute atomic E-state index is 0.0898. The number of hydrogen-bond acceptors (Lipinski definition) is 4. The number of hydrogen-bond donors (Lipinski definition) is 1. The number of ether oxygens (including phenoxy) is 2. The fourth-order valence-corrected chi connectivity index (χ4v) is 4.30. The Hall–Kier alpha value is -3.41. The van der Waals surface area contributed by atoms with Crippen molar-refractivity contribution < 1.29 is 14.3 Å². The first-order valence-electron chi connectivity index (χ1n) is 12.7. The van der Waals surface area contributed by atoms with Crippen LogP contribution in [0.15, 0.2) is 72.3 Å². The molecule has 1 amide bonds. The number of rotatable bonds is 10. The summed E-state index contributed by atoms with van der Waals surface area (Å²) in [7, 11) is 2.12. The number of nitrogens with zero attached hydrogens (tertiary/aromatic N) is 1. The molecule has 36 heavy (non-hydrogen) atoms. The molecule has 0 saturated carbocycles. The molecule has 0 atom stereocenters. The number of benzene rings is 3. The number of fused-ring (bicyclic) bond motifs is 1. The van der Waals surface area contributed by atoms with E-state index in [-0.39, 0.29) is 5.91 Å². The van der Waals surface area contributed by atoms with Gasteiger partial charge in [-0.1, -0.05) is 48.0 Å². The van der Waals surface area contributed by atoms with E-state index in [0.29, 0.717) is 18.6 Å². The van der Waals surface area contributed by atoms with Crippen molar-refractivity contribution in [3.63, 3.8) is 0 Å². The second kappa shape index (κ2) is 12.5. The maximum Gasteiger partial charge on any atom is 0.251 e. The van der Waals surface area contributed by atoms with E-state index in [0.717, 1.165) is 60.9 Å². The van der Waals surface area contributed by atoms with Crippen LogP contribution in [0.5, 0.6) is 5.75 Å². The molecule has 0 radical (unpaired) electrons. The maximum atomic E-state index is 13.1. The first-order valence-corrected chi connectivity index (χ1v) is 12.7. The van der Waals surface area contributed by atoms with Gasteiger partial charge in [0.25, 0.3) is 5.91 Å². The third-order valence-corrected chi connectivity index (χ3v) is 6.34.